The fourth-order valence-electron chi connectivity index (χ4n) is 1.90. The highest BCUT2D eigenvalue weighted by atomic mass is 15.1. The van der Waals surface area contributed by atoms with Gasteiger partial charge in [0.1, 0.15) is 0 Å². The Hall–Kier alpha value is -0.890. The van der Waals surface area contributed by atoms with Crippen molar-refractivity contribution >= 4 is 0 Å². The lowest BCUT2D eigenvalue weighted by Crippen LogP contribution is -2.35. The summed E-state index contributed by atoms with van der Waals surface area (Å²) in [5.41, 5.74) is 2.63. The number of hydrogen-bond acceptors (Lipinski definition) is 2. The lowest BCUT2D eigenvalue weighted by atomic mass is 10.1. The van der Waals surface area contributed by atoms with E-state index in [9.17, 15) is 0 Å². The van der Waals surface area contributed by atoms with Gasteiger partial charge in [-0.15, -0.1) is 0 Å². The van der Waals surface area contributed by atoms with Crippen LogP contribution < -0.4 is 5.32 Å². The lowest BCUT2D eigenvalue weighted by molar-refractivity contribution is 0.452. The second-order valence-corrected chi connectivity index (χ2v) is 4.60. The topological polar surface area (TPSA) is 24.9 Å². The molecule has 1 aliphatic carbocycles. The number of hydrogen-bond donors (Lipinski definition) is 1. The van der Waals surface area contributed by atoms with Crippen molar-refractivity contribution in [3.05, 3.63) is 29.6 Å². The summed E-state index contributed by atoms with van der Waals surface area (Å²) in [6.07, 6.45) is 4.40. The number of rotatable bonds is 3. The number of aromatic nitrogens is 1. The summed E-state index contributed by atoms with van der Waals surface area (Å²) in [5.74, 6) is 0. The normalized spacial score (nSPS) is 18.6. The maximum atomic E-state index is 4.50. The van der Waals surface area contributed by atoms with Gasteiger partial charge in [-0.2, -0.15) is 0 Å². The fraction of sp³-hybridized carbons (Fsp3) is 0.583. The molecule has 2 nitrogen and oxygen atoms in total. The van der Waals surface area contributed by atoms with Crippen LogP contribution in [0, 0.1) is 6.92 Å². The van der Waals surface area contributed by atoms with Crippen LogP contribution in [0.3, 0.4) is 0 Å². The van der Waals surface area contributed by atoms with Gasteiger partial charge in [0.05, 0.1) is 11.2 Å². The molecule has 0 aliphatic heterocycles. The first-order chi connectivity index (χ1) is 6.62. The van der Waals surface area contributed by atoms with Crippen LogP contribution in [0.5, 0.6) is 0 Å². The summed E-state index contributed by atoms with van der Waals surface area (Å²) in [4.78, 5) is 4.50. The average Bonchev–Trinajstić information content (AvgIpc) is 2.85. The highest BCUT2D eigenvalue weighted by Crippen LogP contribution is 2.44. The lowest BCUT2D eigenvalue weighted by Gasteiger charge is -2.19. The van der Waals surface area contributed by atoms with Crippen molar-refractivity contribution in [3.63, 3.8) is 0 Å². The molecule has 0 atom stereocenters. The van der Waals surface area contributed by atoms with Crippen molar-refractivity contribution in [1.82, 2.24) is 10.3 Å². The van der Waals surface area contributed by atoms with Gasteiger partial charge >= 0.3 is 0 Å². The Morgan fingerprint density at radius 1 is 1.36 bits per heavy atom. The highest BCUT2D eigenvalue weighted by molar-refractivity contribution is 5.25. The Balaban J connectivity index is 2.18. The second-order valence-electron chi connectivity index (χ2n) is 4.60. The molecule has 14 heavy (non-hydrogen) atoms. The maximum absolute atomic E-state index is 4.50. The summed E-state index contributed by atoms with van der Waals surface area (Å²) in [6, 6.07) is 4.82. The van der Waals surface area contributed by atoms with Gasteiger partial charge in [-0.1, -0.05) is 6.07 Å². The molecule has 1 N–H and O–H groups in total. The van der Waals surface area contributed by atoms with Crippen molar-refractivity contribution in [1.29, 1.82) is 0 Å². The first-order valence-corrected chi connectivity index (χ1v) is 5.33. The van der Waals surface area contributed by atoms with E-state index in [2.05, 4.69) is 43.2 Å². The maximum Gasteiger partial charge on any atom is 0.0612 e. The van der Waals surface area contributed by atoms with Gasteiger partial charge in [0.2, 0.25) is 0 Å². The number of pyridine rings is 1. The molecule has 2 heteroatoms. The van der Waals surface area contributed by atoms with Crippen molar-refractivity contribution in [3.8, 4) is 0 Å². The van der Waals surface area contributed by atoms with Crippen LogP contribution in [-0.4, -0.2) is 11.0 Å². The Morgan fingerprint density at radius 2 is 2.07 bits per heavy atom. The Morgan fingerprint density at radius 3 is 2.50 bits per heavy atom. The standard InChI is InChI=1S/C12H18N2/c1-9(2)14-12(6-7-12)11-5-4-10(3)8-13-11/h4-5,8-9,14H,6-7H2,1-3H3. The molecule has 1 saturated carbocycles. The van der Waals surface area contributed by atoms with E-state index in [-0.39, 0.29) is 5.54 Å². The van der Waals surface area contributed by atoms with Crippen LogP contribution in [-0.2, 0) is 5.54 Å². The summed E-state index contributed by atoms with van der Waals surface area (Å²) < 4.78 is 0. The van der Waals surface area contributed by atoms with Crippen molar-refractivity contribution in [2.75, 3.05) is 0 Å². The molecular formula is C12H18N2. The van der Waals surface area contributed by atoms with Crippen LogP contribution in [0.25, 0.3) is 0 Å². The minimum Gasteiger partial charge on any atom is -0.304 e. The van der Waals surface area contributed by atoms with Crippen molar-refractivity contribution in [2.24, 2.45) is 0 Å². The van der Waals surface area contributed by atoms with Crippen molar-refractivity contribution < 1.29 is 0 Å². The van der Waals surface area contributed by atoms with E-state index in [0.717, 1.165) is 0 Å². The van der Waals surface area contributed by atoms with Crippen LogP contribution in [0.15, 0.2) is 18.3 Å². The predicted octanol–water partition coefficient (Wildman–Crippen LogP) is 2.38. The largest absolute Gasteiger partial charge is 0.304 e. The highest BCUT2D eigenvalue weighted by Gasteiger charge is 2.45. The monoisotopic (exact) mass is 190 g/mol. The number of nitrogens with zero attached hydrogens (tertiary/aromatic N) is 1. The molecule has 1 heterocycles. The van der Waals surface area contributed by atoms with E-state index in [0.29, 0.717) is 6.04 Å². The van der Waals surface area contributed by atoms with E-state index in [1.54, 1.807) is 0 Å². The molecule has 0 aromatic carbocycles. The molecule has 0 amide bonds. The third kappa shape index (κ3) is 1.80. The Labute approximate surface area is 85.7 Å². The minimum absolute atomic E-state index is 0.196. The van der Waals surface area contributed by atoms with Crippen LogP contribution >= 0.6 is 0 Å². The molecule has 0 bridgehead atoms. The zero-order chi connectivity index (χ0) is 10.2. The summed E-state index contributed by atoms with van der Waals surface area (Å²) >= 11 is 0. The van der Waals surface area contributed by atoms with Crippen LogP contribution in [0.4, 0.5) is 0 Å². The minimum atomic E-state index is 0.196. The number of aryl methyl sites for hydroxylation is 1. The van der Waals surface area contributed by atoms with Gasteiger partial charge in [0.15, 0.2) is 0 Å². The van der Waals surface area contributed by atoms with Gasteiger partial charge in [0, 0.05) is 12.2 Å². The van der Waals surface area contributed by atoms with Gasteiger partial charge in [-0.05, 0) is 45.2 Å². The first kappa shape index (κ1) is 9.66. The quantitative estimate of drug-likeness (QED) is 0.791. The molecule has 0 spiro atoms. The molecule has 2 rings (SSSR count). The van der Waals surface area contributed by atoms with Crippen molar-refractivity contribution in [2.45, 2.75) is 45.2 Å². The van der Waals surface area contributed by atoms with Gasteiger partial charge < -0.3 is 5.32 Å². The summed E-state index contributed by atoms with van der Waals surface area (Å²) in [5, 5.41) is 3.60. The molecule has 0 saturated heterocycles. The Bertz CT molecular complexity index is 310. The zero-order valence-electron chi connectivity index (χ0n) is 9.17. The Kier molecular flexibility index (Phi) is 2.31. The molecule has 1 fully saturated rings. The van der Waals surface area contributed by atoms with Gasteiger partial charge in [0.25, 0.3) is 0 Å². The first-order valence-electron chi connectivity index (χ1n) is 5.33. The predicted molar refractivity (Wildman–Crippen MR) is 58.2 cm³/mol. The van der Waals surface area contributed by atoms with E-state index >= 15 is 0 Å². The van der Waals surface area contributed by atoms with Crippen LogP contribution in [0.1, 0.15) is 37.9 Å². The molecule has 0 unspecified atom stereocenters. The van der Waals surface area contributed by atoms with Gasteiger partial charge in [-0.3, -0.25) is 4.98 Å². The molecule has 1 aromatic heterocycles. The molecule has 76 valence electrons. The van der Waals surface area contributed by atoms with E-state index < -0.39 is 0 Å². The van der Waals surface area contributed by atoms with E-state index in [1.165, 1.54) is 24.1 Å². The smallest absolute Gasteiger partial charge is 0.0612 e. The zero-order valence-corrected chi connectivity index (χ0v) is 9.17. The summed E-state index contributed by atoms with van der Waals surface area (Å²) in [7, 11) is 0. The van der Waals surface area contributed by atoms with Gasteiger partial charge in [-0.25, -0.2) is 0 Å². The number of nitrogens with one attached hydrogen (secondary N) is 1. The molecule has 1 aliphatic rings. The van der Waals surface area contributed by atoms with E-state index in [4.69, 9.17) is 0 Å². The molecule has 1 aromatic rings. The SMILES string of the molecule is Cc1ccc(C2(NC(C)C)CC2)nc1. The third-order valence-corrected chi connectivity index (χ3v) is 2.72. The average molecular weight is 190 g/mol. The van der Waals surface area contributed by atoms with Crippen LogP contribution in [0.2, 0.25) is 0 Å². The molecule has 0 radical (unpaired) electrons. The summed E-state index contributed by atoms with van der Waals surface area (Å²) in [6.45, 7) is 6.45. The molecular weight excluding hydrogens is 172 g/mol. The van der Waals surface area contributed by atoms with E-state index in [1.807, 2.05) is 6.20 Å². The third-order valence-electron chi connectivity index (χ3n) is 2.72. The fourth-order valence-corrected chi connectivity index (χ4v) is 1.90. The second kappa shape index (κ2) is 3.35.